The number of aliphatic hydroxyl groups excluding tert-OH is 1. The third-order valence-corrected chi connectivity index (χ3v) is 3.78. The Morgan fingerprint density at radius 2 is 2.11 bits per heavy atom. The van der Waals surface area contributed by atoms with Crippen LogP contribution in [0.25, 0.3) is 10.9 Å². The number of halogens is 1. The fraction of sp³-hybridized carbons (Fsp3) is 0.429. The molecule has 0 aliphatic rings. The summed E-state index contributed by atoms with van der Waals surface area (Å²) in [5, 5.41) is 10.8. The lowest BCUT2D eigenvalue weighted by molar-refractivity contribution is 0.288. The third kappa shape index (κ3) is 2.08. The summed E-state index contributed by atoms with van der Waals surface area (Å²) in [6.45, 7) is 2.30. The molecule has 0 bridgehead atoms. The average molecular weight is 268 g/mol. The van der Waals surface area contributed by atoms with Crippen LogP contribution in [-0.4, -0.2) is 23.4 Å². The van der Waals surface area contributed by atoms with Crippen molar-refractivity contribution in [3.8, 4) is 5.75 Å². The minimum absolute atomic E-state index is 0.209. The molecule has 2 rings (SSSR count). The molecule has 0 unspecified atom stereocenters. The summed E-state index contributed by atoms with van der Waals surface area (Å²) < 4.78 is 7.40. The fourth-order valence-corrected chi connectivity index (χ4v) is 2.60. The number of fused-ring (bicyclic) bond motifs is 1. The van der Waals surface area contributed by atoms with Crippen LogP contribution in [0.2, 0.25) is 5.02 Å². The number of aryl methyl sites for hydroxylation is 2. The van der Waals surface area contributed by atoms with Crippen molar-refractivity contribution < 1.29 is 9.84 Å². The van der Waals surface area contributed by atoms with Crippen molar-refractivity contribution in [1.29, 1.82) is 0 Å². The van der Waals surface area contributed by atoms with E-state index < -0.39 is 0 Å². The highest BCUT2D eigenvalue weighted by Gasteiger charge is 2.14. The van der Waals surface area contributed by atoms with Gasteiger partial charge in [0.1, 0.15) is 5.75 Å². The quantitative estimate of drug-likeness (QED) is 0.924. The van der Waals surface area contributed by atoms with Gasteiger partial charge >= 0.3 is 0 Å². The number of hydrogen-bond donors (Lipinski definition) is 1. The molecule has 18 heavy (non-hydrogen) atoms. The highest BCUT2D eigenvalue weighted by molar-refractivity contribution is 6.32. The van der Waals surface area contributed by atoms with E-state index >= 15 is 0 Å². The number of rotatable bonds is 4. The van der Waals surface area contributed by atoms with Crippen molar-refractivity contribution in [1.82, 2.24) is 4.57 Å². The van der Waals surface area contributed by atoms with Crippen molar-refractivity contribution in [2.75, 3.05) is 13.7 Å². The standard InChI is InChI=1S/C14H18ClNO2/c1-9-10(5-4-6-17)11-7-14(18-3)12(15)8-13(11)16(9)2/h7-8,17H,4-6H2,1-3H3. The summed E-state index contributed by atoms with van der Waals surface area (Å²) >= 11 is 6.16. The minimum atomic E-state index is 0.209. The Balaban J connectivity index is 2.65. The van der Waals surface area contributed by atoms with Gasteiger partial charge in [-0.05, 0) is 37.5 Å². The molecule has 4 heteroatoms. The highest BCUT2D eigenvalue weighted by Crippen LogP contribution is 2.34. The van der Waals surface area contributed by atoms with Gasteiger partial charge in [0, 0.05) is 30.3 Å². The monoisotopic (exact) mass is 267 g/mol. The predicted octanol–water partition coefficient (Wildman–Crippen LogP) is 3.07. The van der Waals surface area contributed by atoms with Crippen molar-refractivity contribution >= 4 is 22.5 Å². The maximum atomic E-state index is 8.99. The van der Waals surface area contributed by atoms with Crippen molar-refractivity contribution in [3.05, 3.63) is 28.4 Å². The lowest BCUT2D eigenvalue weighted by atomic mass is 10.1. The lowest BCUT2D eigenvalue weighted by Crippen LogP contribution is -1.94. The molecule has 0 fully saturated rings. The Morgan fingerprint density at radius 3 is 2.72 bits per heavy atom. The van der Waals surface area contributed by atoms with Crippen LogP contribution in [0, 0.1) is 6.92 Å². The van der Waals surface area contributed by atoms with E-state index in [0.29, 0.717) is 10.8 Å². The van der Waals surface area contributed by atoms with Crippen LogP contribution < -0.4 is 4.74 Å². The topological polar surface area (TPSA) is 34.4 Å². The molecule has 1 heterocycles. The average Bonchev–Trinajstić information content (AvgIpc) is 2.59. The van der Waals surface area contributed by atoms with Gasteiger partial charge in [0.15, 0.2) is 0 Å². The molecular formula is C14H18ClNO2. The Kier molecular flexibility index (Phi) is 3.83. The number of aromatic nitrogens is 1. The van der Waals surface area contributed by atoms with E-state index in [1.807, 2.05) is 19.2 Å². The van der Waals surface area contributed by atoms with Gasteiger partial charge in [-0.1, -0.05) is 11.6 Å². The van der Waals surface area contributed by atoms with Crippen LogP contribution in [-0.2, 0) is 13.5 Å². The molecule has 0 amide bonds. The van der Waals surface area contributed by atoms with Crippen LogP contribution in [0.5, 0.6) is 5.75 Å². The second-order valence-corrected chi connectivity index (χ2v) is 4.86. The number of aliphatic hydroxyl groups is 1. The van der Waals surface area contributed by atoms with Crippen LogP contribution in [0.15, 0.2) is 12.1 Å². The van der Waals surface area contributed by atoms with Gasteiger partial charge in [0.25, 0.3) is 0 Å². The zero-order valence-electron chi connectivity index (χ0n) is 11.0. The second kappa shape index (κ2) is 5.21. The minimum Gasteiger partial charge on any atom is -0.495 e. The van der Waals surface area contributed by atoms with Crippen LogP contribution in [0.3, 0.4) is 0 Å². The first kappa shape index (κ1) is 13.2. The molecule has 0 saturated carbocycles. The molecule has 3 nitrogen and oxygen atoms in total. The smallest absolute Gasteiger partial charge is 0.138 e. The normalized spacial score (nSPS) is 11.2. The molecule has 98 valence electrons. The van der Waals surface area contributed by atoms with Gasteiger partial charge in [0.05, 0.1) is 12.1 Å². The van der Waals surface area contributed by atoms with Crippen LogP contribution in [0.4, 0.5) is 0 Å². The Labute approximate surface area is 112 Å². The zero-order chi connectivity index (χ0) is 13.3. The molecule has 0 atom stereocenters. The number of ether oxygens (including phenoxy) is 1. The summed E-state index contributed by atoms with van der Waals surface area (Å²) in [6.07, 6.45) is 1.63. The lowest BCUT2D eigenvalue weighted by Gasteiger charge is -2.04. The molecule has 1 aromatic heterocycles. The number of nitrogens with zero attached hydrogens (tertiary/aromatic N) is 1. The summed E-state index contributed by atoms with van der Waals surface area (Å²) in [5.41, 5.74) is 3.57. The van der Waals surface area contributed by atoms with E-state index in [0.717, 1.165) is 23.7 Å². The summed E-state index contributed by atoms with van der Waals surface area (Å²) in [7, 11) is 3.65. The zero-order valence-corrected chi connectivity index (χ0v) is 11.7. The molecule has 0 aliphatic carbocycles. The predicted molar refractivity (Wildman–Crippen MR) is 74.6 cm³/mol. The van der Waals surface area contributed by atoms with Gasteiger partial charge in [0.2, 0.25) is 0 Å². The van der Waals surface area contributed by atoms with Gasteiger partial charge in [-0.3, -0.25) is 0 Å². The maximum absolute atomic E-state index is 8.99. The number of methoxy groups -OCH3 is 1. The van der Waals surface area contributed by atoms with Gasteiger partial charge in [-0.2, -0.15) is 0 Å². The molecular weight excluding hydrogens is 250 g/mol. The molecule has 1 aromatic carbocycles. The fourth-order valence-electron chi connectivity index (χ4n) is 2.37. The molecule has 0 spiro atoms. The molecule has 0 aliphatic heterocycles. The number of hydrogen-bond acceptors (Lipinski definition) is 2. The third-order valence-electron chi connectivity index (χ3n) is 3.48. The maximum Gasteiger partial charge on any atom is 0.138 e. The SMILES string of the molecule is COc1cc2c(CCCO)c(C)n(C)c2cc1Cl. The van der Waals surface area contributed by atoms with Crippen molar-refractivity contribution in [3.63, 3.8) is 0 Å². The Morgan fingerprint density at radius 1 is 1.39 bits per heavy atom. The first-order valence-corrected chi connectivity index (χ1v) is 6.40. The number of benzene rings is 1. The molecule has 2 aromatic rings. The van der Waals surface area contributed by atoms with E-state index in [2.05, 4.69) is 11.5 Å². The van der Waals surface area contributed by atoms with E-state index in [4.69, 9.17) is 21.4 Å². The van der Waals surface area contributed by atoms with Gasteiger partial charge < -0.3 is 14.4 Å². The largest absolute Gasteiger partial charge is 0.495 e. The van der Waals surface area contributed by atoms with E-state index in [1.54, 1.807) is 7.11 Å². The van der Waals surface area contributed by atoms with E-state index in [9.17, 15) is 0 Å². The van der Waals surface area contributed by atoms with Crippen LogP contribution >= 0.6 is 11.6 Å². The molecule has 0 radical (unpaired) electrons. The first-order valence-electron chi connectivity index (χ1n) is 6.02. The summed E-state index contributed by atoms with van der Waals surface area (Å²) in [4.78, 5) is 0. The summed E-state index contributed by atoms with van der Waals surface area (Å²) in [6, 6.07) is 3.92. The Hall–Kier alpha value is -1.19. The van der Waals surface area contributed by atoms with Crippen molar-refractivity contribution in [2.45, 2.75) is 19.8 Å². The molecule has 1 N–H and O–H groups in total. The molecule has 0 saturated heterocycles. The first-order chi connectivity index (χ1) is 8.60. The summed E-state index contributed by atoms with van der Waals surface area (Å²) in [5.74, 6) is 0.694. The second-order valence-electron chi connectivity index (χ2n) is 4.45. The Bertz CT molecular complexity index is 575. The van der Waals surface area contributed by atoms with E-state index in [1.165, 1.54) is 11.3 Å². The van der Waals surface area contributed by atoms with Gasteiger partial charge in [-0.15, -0.1) is 0 Å². The van der Waals surface area contributed by atoms with Crippen LogP contribution in [0.1, 0.15) is 17.7 Å². The van der Waals surface area contributed by atoms with Crippen molar-refractivity contribution in [2.24, 2.45) is 7.05 Å². The van der Waals surface area contributed by atoms with Gasteiger partial charge in [-0.25, -0.2) is 0 Å². The van der Waals surface area contributed by atoms with E-state index in [-0.39, 0.29) is 6.61 Å². The highest BCUT2D eigenvalue weighted by atomic mass is 35.5.